The summed E-state index contributed by atoms with van der Waals surface area (Å²) in [6.07, 6.45) is 0. The maximum atomic E-state index is 9.82. The molecule has 0 aliphatic heterocycles. The summed E-state index contributed by atoms with van der Waals surface area (Å²) in [5, 5.41) is 8.05. The fourth-order valence-electron chi connectivity index (χ4n) is 0. The quantitative estimate of drug-likeness (QED) is 0.374. The summed E-state index contributed by atoms with van der Waals surface area (Å²) in [5.74, 6) is -1.11. The Morgan fingerprint density at radius 1 is 1.88 bits per heavy atom. The third kappa shape index (κ3) is 4.23. The number of carboxylic acid groups (broad SMARTS) is 1. The van der Waals surface area contributed by atoms with Crippen LogP contribution in [0.1, 0.15) is 6.92 Å². The fraction of sp³-hybridized carbons (Fsp3) is 0.667. The normalized spacial score (nSPS) is 15.9. The van der Waals surface area contributed by atoms with Crippen molar-refractivity contribution in [2.45, 2.75) is 11.8 Å². The molecule has 0 aliphatic rings. The van der Waals surface area contributed by atoms with Crippen molar-refractivity contribution >= 4 is 31.0 Å². The minimum absolute atomic E-state index is 0. The molecule has 0 aliphatic carbocycles. The zero-order valence-electron chi connectivity index (χ0n) is 4.29. The Labute approximate surface area is 59.1 Å². The Bertz CT molecular complexity index is 89.8. The lowest BCUT2D eigenvalue weighted by molar-refractivity contribution is -0.139. The van der Waals surface area contributed by atoms with Gasteiger partial charge in [-0.25, -0.2) is 4.79 Å². The van der Waals surface area contributed by atoms with E-state index in [0.717, 1.165) is 0 Å². The van der Waals surface area contributed by atoms with Gasteiger partial charge in [-0.15, -0.1) is 25.0 Å². The number of halogens is 1. The van der Waals surface area contributed by atoms with Gasteiger partial charge in [-0.3, -0.25) is 0 Å². The second-order valence-corrected chi connectivity index (χ2v) is 2.38. The molecule has 0 aromatic heterocycles. The zero-order chi connectivity index (χ0) is 6.08. The lowest BCUT2D eigenvalue weighted by Crippen LogP contribution is -2.38. The molecule has 0 fully saturated rings. The molecule has 0 unspecified atom stereocenters. The minimum Gasteiger partial charge on any atom is -0.479 e. The average Bonchev–Trinajstić information content (AvgIpc) is 1.31. The van der Waals surface area contributed by atoms with Crippen molar-refractivity contribution < 1.29 is 9.90 Å². The first-order valence-corrected chi connectivity index (χ1v) is 2.14. The first-order chi connectivity index (χ1) is 2.94. The summed E-state index contributed by atoms with van der Waals surface area (Å²) in [4.78, 5) is 8.43. The number of carbonyl (C=O) groups is 1. The summed E-state index contributed by atoms with van der Waals surface area (Å²) >= 11 is 3.53. The van der Waals surface area contributed by atoms with Gasteiger partial charge in [0.1, 0.15) is 0 Å². The molecule has 0 saturated carbocycles. The van der Waals surface area contributed by atoms with Crippen molar-refractivity contribution in [3.63, 3.8) is 0 Å². The van der Waals surface area contributed by atoms with Gasteiger partial charge in [0.2, 0.25) is 0 Å². The van der Waals surface area contributed by atoms with Crippen molar-refractivity contribution in [2.75, 3.05) is 0 Å². The molecule has 0 spiro atoms. The summed E-state index contributed by atoms with van der Waals surface area (Å²) in [7, 11) is 0. The summed E-state index contributed by atoms with van der Waals surface area (Å²) in [5.41, 5.74) is 4.94. The van der Waals surface area contributed by atoms with Crippen LogP contribution < -0.4 is 5.73 Å². The monoisotopic (exact) mass is 157 g/mol. The van der Waals surface area contributed by atoms with Crippen molar-refractivity contribution in [1.29, 1.82) is 0 Å². The number of nitrogens with two attached hydrogens (primary N) is 1. The van der Waals surface area contributed by atoms with E-state index in [9.17, 15) is 4.79 Å². The van der Waals surface area contributed by atoms with Crippen LogP contribution in [-0.4, -0.2) is 15.9 Å². The number of rotatable bonds is 1. The molecule has 8 heavy (non-hydrogen) atoms. The van der Waals surface area contributed by atoms with Gasteiger partial charge in [0, 0.05) is 0 Å². The van der Waals surface area contributed by atoms with E-state index in [4.69, 9.17) is 10.8 Å². The van der Waals surface area contributed by atoms with Gasteiger partial charge in [0.25, 0.3) is 0 Å². The topological polar surface area (TPSA) is 63.3 Å². The van der Waals surface area contributed by atoms with Gasteiger partial charge >= 0.3 is 5.97 Å². The molecule has 0 aromatic rings. The van der Waals surface area contributed by atoms with E-state index in [1.807, 2.05) is 0 Å². The van der Waals surface area contributed by atoms with Crippen LogP contribution in [0.4, 0.5) is 0 Å². The molecular weight excluding hydrogens is 150 g/mol. The van der Waals surface area contributed by atoms with Crippen LogP contribution in [0.3, 0.4) is 0 Å². The smallest absolute Gasteiger partial charge is 0.333 e. The molecule has 5 heteroatoms. The number of thiol groups is 1. The average molecular weight is 158 g/mol. The first-order valence-electron chi connectivity index (χ1n) is 1.69. The van der Waals surface area contributed by atoms with Crippen molar-refractivity contribution in [3.8, 4) is 0 Å². The van der Waals surface area contributed by atoms with Crippen LogP contribution in [-0.2, 0) is 4.79 Å². The second kappa shape index (κ2) is 3.17. The van der Waals surface area contributed by atoms with E-state index in [2.05, 4.69) is 12.6 Å². The third-order valence-corrected chi connectivity index (χ3v) is 0.624. The lowest BCUT2D eigenvalue weighted by atomic mass is 10.4. The standard InChI is InChI=1S/C3H7NO2S.ClH/c1-3(4,7)2(5)6;/h7H,4H2,1H3,(H,5,6);1H/t3-;/m1./s1. The molecule has 0 rings (SSSR count). The van der Waals surface area contributed by atoms with Crippen LogP contribution in [0.5, 0.6) is 0 Å². The minimum atomic E-state index is -1.39. The SMILES string of the molecule is C[C@@](N)(S)C(=O)O.Cl. The maximum absolute atomic E-state index is 9.82. The molecule has 0 heterocycles. The number of hydrogen-bond donors (Lipinski definition) is 3. The molecule has 0 saturated heterocycles. The highest BCUT2D eigenvalue weighted by atomic mass is 35.5. The van der Waals surface area contributed by atoms with E-state index < -0.39 is 10.8 Å². The zero-order valence-corrected chi connectivity index (χ0v) is 6.00. The Balaban J connectivity index is 0. The molecule has 0 bridgehead atoms. The van der Waals surface area contributed by atoms with Gasteiger partial charge in [-0.1, -0.05) is 0 Å². The predicted octanol–water partition coefficient (Wildman–Crippen LogP) is 0.0975. The van der Waals surface area contributed by atoms with Gasteiger partial charge in [0.15, 0.2) is 4.87 Å². The highest BCUT2D eigenvalue weighted by Crippen LogP contribution is 2.01. The molecule has 50 valence electrons. The Morgan fingerprint density at radius 2 is 2.00 bits per heavy atom. The number of hydrogen-bond acceptors (Lipinski definition) is 3. The van der Waals surface area contributed by atoms with Crippen LogP contribution in [0.25, 0.3) is 0 Å². The van der Waals surface area contributed by atoms with Crippen LogP contribution in [0, 0.1) is 0 Å². The van der Waals surface area contributed by atoms with Crippen molar-refractivity contribution in [3.05, 3.63) is 0 Å². The van der Waals surface area contributed by atoms with Gasteiger partial charge < -0.3 is 10.8 Å². The molecule has 0 radical (unpaired) electrons. The van der Waals surface area contributed by atoms with E-state index in [1.54, 1.807) is 0 Å². The summed E-state index contributed by atoms with van der Waals surface area (Å²) in [6, 6.07) is 0. The molecule has 3 nitrogen and oxygen atoms in total. The molecule has 0 amide bonds. The fourth-order valence-corrected chi connectivity index (χ4v) is 0. The molecule has 0 aromatic carbocycles. The van der Waals surface area contributed by atoms with E-state index in [-0.39, 0.29) is 12.4 Å². The largest absolute Gasteiger partial charge is 0.479 e. The highest BCUT2D eigenvalue weighted by Gasteiger charge is 2.20. The van der Waals surface area contributed by atoms with Gasteiger partial charge in [-0.2, -0.15) is 0 Å². The summed E-state index contributed by atoms with van der Waals surface area (Å²) < 4.78 is 0. The first kappa shape index (κ1) is 10.9. The number of aliphatic carboxylic acids is 1. The van der Waals surface area contributed by atoms with E-state index >= 15 is 0 Å². The van der Waals surface area contributed by atoms with Crippen molar-refractivity contribution in [1.82, 2.24) is 0 Å². The molecule has 1 atom stereocenters. The van der Waals surface area contributed by atoms with Gasteiger partial charge in [0.05, 0.1) is 0 Å². The lowest BCUT2D eigenvalue weighted by Gasteiger charge is -2.08. The van der Waals surface area contributed by atoms with E-state index in [1.165, 1.54) is 6.92 Å². The Hall–Kier alpha value is 0.0700. The van der Waals surface area contributed by atoms with Crippen molar-refractivity contribution in [2.24, 2.45) is 5.73 Å². The Morgan fingerprint density at radius 3 is 2.00 bits per heavy atom. The van der Waals surface area contributed by atoms with E-state index in [0.29, 0.717) is 0 Å². The highest BCUT2D eigenvalue weighted by molar-refractivity contribution is 7.82. The Kier molecular flexibility index (Phi) is 4.33. The summed E-state index contributed by atoms with van der Waals surface area (Å²) in [6.45, 7) is 1.30. The van der Waals surface area contributed by atoms with Gasteiger partial charge in [-0.05, 0) is 6.92 Å². The maximum Gasteiger partial charge on any atom is 0.333 e. The van der Waals surface area contributed by atoms with Crippen LogP contribution in [0.15, 0.2) is 0 Å². The predicted molar refractivity (Wildman–Crippen MR) is 36.5 cm³/mol. The molecular formula is C3H8ClNO2S. The van der Waals surface area contributed by atoms with Crippen LogP contribution >= 0.6 is 25.0 Å². The molecule has 3 N–H and O–H groups in total. The third-order valence-electron chi connectivity index (χ3n) is 0.433. The second-order valence-electron chi connectivity index (χ2n) is 1.45. The van der Waals surface area contributed by atoms with Crippen LogP contribution in [0.2, 0.25) is 0 Å². The number of carboxylic acids is 1.